The Bertz CT molecular complexity index is 471. The molecule has 0 atom stereocenters. The van der Waals surface area contributed by atoms with Crippen LogP contribution in [0.4, 0.5) is 23.2 Å². The van der Waals surface area contributed by atoms with Crippen LogP contribution in [0, 0.1) is 29.2 Å². The number of anilines is 1. The summed E-state index contributed by atoms with van der Waals surface area (Å²) in [6.07, 6.45) is 1.37. The normalized spacial score (nSPS) is 17.5. The van der Waals surface area contributed by atoms with Crippen LogP contribution in [0.1, 0.15) is 26.7 Å². The van der Waals surface area contributed by atoms with E-state index in [0.29, 0.717) is 18.8 Å². The van der Waals surface area contributed by atoms with Gasteiger partial charge in [0.25, 0.3) is 0 Å². The second-order valence-electron chi connectivity index (χ2n) is 5.96. The van der Waals surface area contributed by atoms with E-state index in [1.54, 1.807) is 0 Å². The molecule has 0 saturated carbocycles. The van der Waals surface area contributed by atoms with Crippen molar-refractivity contribution in [3.05, 3.63) is 29.3 Å². The van der Waals surface area contributed by atoms with Crippen molar-refractivity contribution in [3.63, 3.8) is 0 Å². The molecule has 6 heteroatoms. The maximum atomic E-state index is 13.6. The number of piperidine rings is 1. The summed E-state index contributed by atoms with van der Waals surface area (Å²) in [7, 11) is 0. The highest BCUT2D eigenvalue weighted by Gasteiger charge is 2.24. The fraction of sp³-hybridized carbons (Fsp3) is 0.600. The summed E-state index contributed by atoms with van der Waals surface area (Å²) in [5.74, 6) is -4.93. The lowest BCUT2D eigenvalue weighted by Gasteiger charge is -2.33. The molecule has 0 aromatic heterocycles. The first-order valence-corrected chi connectivity index (χ1v) is 7.20. The molecule has 2 rings (SSSR count). The van der Waals surface area contributed by atoms with Crippen LogP contribution in [0.15, 0.2) is 6.07 Å². The molecule has 1 fully saturated rings. The summed E-state index contributed by atoms with van der Waals surface area (Å²) in [6.45, 7) is 6.84. The second kappa shape index (κ2) is 6.64. The third kappa shape index (κ3) is 3.87. The highest BCUT2D eigenvalue weighted by molar-refractivity contribution is 5.48. The van der Waals surface area contributed by atoms with Gasteiger partial charge >= 0.3 is 0 Å². The maximum absolute atomic E-state index is 13.6. The monoisotopic (exact) mass is 304 g/mol. The molecular formula is C15H20F4N2. The van der Waals surface area contributed by atoms with Crippen LogP contribution >= 0.6 is 0 Å². The Kier molecular flexibility index (Phi) is 5.08. The molecule has 1 aliphatic heterocycles. The van der Waals surface area contributed by atoms with Crippen LogP contribution in [-0.2, 0) is 0 Å². The van der Waals surface area contributed by atoms with Crippen LogP contribution in [-0.4, -0.2) is 30.6 Å². The molecule has 0 aliphatic carbocycles. The van der Waals surface area contributed by atoms with Gasteiger partial charge in [0.15, 0.2) is 23.3 Å². The van der Waals surface area contributed by atoms with Crippen molar-refractivity contribution in [2.24, 2.45) is 5.92 Å². The minimum Gasteiger partial charge on any atom is -0.377 e. The van der Waals surface area contributed by atoms with Crippen molar-refractivity contribution >= 4 is 5.69 Å². The highest BCUT2D eigenvalue weighted by Crippen LogP contribution is 2.26. The van der Waals surface area contributed by atoms with Gasteiger partial charge in [-0.25, -0.2) is 17.6 Å². The van der Waals surface area contributed by atoms with Crippen LogP contribution in [0.2, 0.25) is 0 Å². The fourth-order valence-corrected chi connectivity index (χ4v) is 2.68. The van der Waals surface area contributed by atoms with Gasteiger partial charge in [0.05, 0.1) is 0 Å². The van der Waals surface area contributed by atoms with Crippen LogP contribution in [0.5, 0.6) is 0 Å². The zero-order chi connectivity index (χ0) is 15.6. The third-order valence-electron chi connectivity index (χ3n) is 3.67. The first-order chi connectivity index (χ1) is 9.88. The minimum atomic E-state index is -1.38. The van der Waals surface area contributed by atoms with Gasteiger partial charge in [0, 0.05) is 31.7 Å². The summed E-state index contributed by atoms with van der Waals surface area (Å²) in [6, 6.07) is 0.0415. The van der Waals surface area contributed by atoms with Gasteiger partial charge in [-0.2, -0.15) is 0 Å². The lowest BCUT2D eigenvalue weighted by molar-refractivity contribution is 0.197. The molecule has 1 aromatic rings. The molecule has 0 bridgehead atoms. The van der Waals surface area contributed by atoms with Gasteiger partial charge in [-0.1, -0.05) is 13.8 Å². The summed E-state index contributed by atoms with van der Waals surface area (Å²) in [5.41, 5.74) is -0.699. The Morgan fingerprint density at radius 1 is 1.10 bits per heavy atom. The number of hydrogen-bond acceptors (Lipinski definition) is 2. The number of benzene rings is 1. The molecular weight excluding hydrogens is 284 g/mol. The van der Waals surface area contributed by atoms with Crippen LogP contribution < -0.4 is 5.32 Å². The van der Waals surface area contributed by atoms with Crippen molar-refractivity contribution in [2.75, 3.05) is 25.0 Å². The minimum absolute atomic E-state index is 0.182. The predicted octanol–water partition coefficient (Wildman–Crippen LogP) is 3.78. The Morgan fingerprint density at radius 3 is 2.10 bits per heavy atom. The van der Waals surface area contributed by atoms with Gasteiger partial charge < -0.3 is 10.2 Å². The molecule has 21 heavy (non-hydrogen) atoms. The van der Waals surface area contributed by atoms with E-state index in [9.17, 15) is 17.6 Å². The smallest absolute Gasteiger partial charge is 0.185 e. The summed E-state index contributed by atoms with van der Waals surface area (Å²) < 4.78 is 53.5. The number of likely N-dealkylation sites (tertiary alicyclic amines) is 1. The van der Waals surface area contributed by atoms with Crippen molar-refractivity contribution < 1.29 is 17.6 Å². The summed E-state index contributed by atoms with van der Waals surface area (Å²) in [5, 5.41) is 2.62. The van der Waals surface area contributed by atoms with Crippen molar-refractivity contribution in [1.82, 2.24) is 4.90 Å². The lowest BCUT2D eigenvalue weighted by atomic mass is 10.0. The first-order valence-electron chi connectivity index (χ1n) is 7.20. The number of nitrogens with one attached hydrogen (secondary N) is 1. The van der Waals surface area contributed by atoms with E-state index >= 15 is 0 Å². The molecule has 1 heterocycles. The SMILES string of the molecule is CC(C)CN1CCC(Nc2c(F)c(F)cc(F)c2F)CC1. The van der Waals surface area contributed by atoms with Gasteiger partial charge in [0.1, 0.15) is 5.69 Å². The van der Waals surface area contributed by atoms with Gasteiger partial charge in [0.2, 0.25) is 0 Å². The number of hydrogen-bond donors (Lipinski definition) is 1. The Labute approximate surface area is 122 Å². The van der Waals surface area contributed by atoms with Crippen molar-refractivity contribution in [1.29, 1.82) is 0 Å². The molecule has 118 valence electrons. The Hall–Kier alpha value is -1.30. The molecule has 0 radical (unpaired) electrons. The van der Waals surface area contributed by atoms with Gasteiger partial charge in [-0.15, -0.1) is 0 Å². The molecule has 0 amide bonds. The molecule has 0 unspecified atom stereocenters. The number of halogens is 4. The summed E-state index contributed by atoms with van der Waals surface area (Å²) in [4.78, 5) is 2.28. The third-order valence-corrected chi connectivity index (χ3v) is 3.67. The molecule has 1 aromatic carbocycles. The zero-order valence-electron chi connectivity index (χ0n) is 12.2. The lowest BCUT2D eigenvalue weighted by Crippen LogP contribution is -2.41. The average Bonchev–Trinajstić information content (AvgIpc) is 2.43. The Balaban J connectivity index is 2.01. The van der Waals surface area contributed by atoms with Crippen LogP contribution in [0.3, 0.4) is 0 Å². The van der Waals surface area contributed by atoms with Gasteiger partial charge in [-0.3, -0.25) is 0 Å². The fourth-order valence-electron chi connectivity index (χ4n) is 2.68. The Morgan fingerprint density at radius 2 is 1.62 bits per heavy atom. The van der Waals surface area contributed by atoms with E-state index in [2.05, 4.69) is 24.1 Å². The molecule has 2 nitrogen and oxygen atoms in total. The second-order valence-corrected chi connectivity index (χ2v) is 5.96. The zero-order valence-corrected chi connectivity index (χ0v) is 12.2. The average molecular weight is 304 g/mol. The largest absolute Gasteiger partial charge is 0.377 e. The highest BCUT2D eigenvalue weighted by atomic mass is 19.2. The van der Waals surface area contributed by atoms with E-state index in [0.717, 1.165) is 19.6 Å². The molecule has 1 aliphatic rings. The van der Waals surface area contributed by atoms with Gasteiger partial charge in [-0.05, 0) is 18.8 Å². The van der Waals surface area contributed by atoms with E-state index in [-0.39, 0.29) is 12.1 Å². The molecule has 0 spiro atoms. The maximum Gasteiger partial charge on any atom is 0.185 e. The molecule has 1 saturated heterocycles. The predicted molar refractivity (Wildman–Crippen MR) is 74.2 cm³/mol. The van der Waals surface area contributed by atoms with Crippen molar-refractivity contribution in [2.45, 2.75) is 32.7 Å². The summed E-state index contributed by atoms with van der Waals surface area (Å²) >= 11 is 0. The van der Waals surface area contributed by atoms with E-state index in [1.165, 1.54) is 0 Å². The molecule has 1 N–H and O–H groups in total. The topological polar surface area (TPSA) is 15.3 Å². The first kappa shape index (κ1) is 16.1. The standard InChI is InChI=1S/C15H20F4N2/c1-9(2)8-21-5-3-10(4-6-21)20-15-13(18)11(16)7-12(17)14(15)19/h7,9-10,20H,3-6,8H2,1-2H3. The number of nitrogens with zero attached hydrogens (tertiary/aromatic N) is 1. The van der Waals surface area contributed by atoms with Crippen molar-refractivity contribution in [3.8, 4) is 0 Å². The van der Waals surface area contributed by atoms with Crippen LogP contribution in [0.25, 0.3) is 0 Å². The number of rotatable bonds is 4. The quantitative estimate of drug-likeness (QED) is 0.673. The van der Waals surface area contributed by atoms with E-state index in [1.807, 2.05) is 0 Å². The van der Waals surface area contributed by atoms with E-state index < -0.39 is 29.0 Å². The van der Waals surface area contributed by atoms with E-state index in [4.69, 9.17) is 0 Å².